The number of imide groups is 1. The Labute approximate surface area is 115 Å². The predicted octanol–water partition coefficient (Wildman–Crippen LogP) is 1.94. The molecule has 1 N–H and O–H groups in total. The molecule has 4 heteroatoms. The van der Waals surface area contributed by atoms with Gasteiger partial charge < -0.3 is 5.32 Å². The van der Waals surface area contributed by atoms with Gasteiger partial charge in [0, 0.05) is 19.5 Å². The number of hydrogen-bond acceptors (Lipinski definition) is 3. The molecular weight excluding hydrogens is 240 g/mol. The lowest BCUT2D eigenvalue weighted by atomic mass is 9.79. The number of amides is 2. The van der Waals surface area contributed by atoms with Gasteiger partial charge in [0.25, 0.3) is 0 Å². The Morgan fingerprint density at radius 1 is 1.21 bits per heavy atom. The molecule has 1 heterocycles. The quantitative estimate of drug-likeness (QED) is 0.794. The summed E-state index contributed by atoms with van der Waals surface area (Å²) in [6.45, 7) is 4.57. The average Bonchev–Trinajstić information content (AvgIpc) is 2.40. The van der Waals surface area contributed by atoms with E-state index in [9.17, 15) is 9.59 Å². The van der Waals surface area contributed by atoms with Crippen molar-refractivity contribution in [3.05, 3.63) is 0 Å². The smallest absolute Gasteiger partial charge is 0.246 e. The molecule has 3 atom stereocenters. The maximum absolute atomic E-state index is 12.1. The first-order chi connectivity index (χ1) is 8.99. The van der Waals surface area contributed by atoms with Crippen LogP contribution in [0.4, 0.5) is 0 Å². The van der Waals surface area contributed by atoms with Crippen molar-refractivity contribution in [3.8, 4) is 0 Å². The lowest BCUT2D eigenvalue weighted by molar-refractivity contribution is -0.148. The Bertz CT molecular complexity index is 354. The molecule has 19 heavy (non-hydrogen) atoms. The molecule has 0 radical (unpaired) electrons. The van der Waals surface area contributed by atoms with Crippen LogP contribution in [0.5, 0.6) is 0 Å². The molecular formula is C15H26N2O2. The summed E-state index contributed by atoms with van der Waals surface area (Å²) >= 11 is 0. The second-order valence-electron chi connectivity index (χ2n) is 6.42. The van der Waals surface area contributed by atoms with Crippen LogP contribution in [0.15, 0.2) is 0 Å². The molecule has 3 unspecified atom stereocenters. The van der Waals surface area contributed by atoms with Gasteiger partial charge >= 0.3 is 0 Å². The number of nitrogens with zero attached hydrogens (tertiary/aromatic N) is 1. The largest absolute Gasteiger partial charge is 0.303 e. The molecule has 2 rings (SSSR count). The summed E-state index contributed by atoms with van der Waals surface area (Å²) in [5, 5.41) is 3.50. The highest BCUT2D eigenvalue weighted by atomic mass is 16.2. The molecule has 4 nitrogen and oxygen atoms in total. The van der Waals surface area contributed by atoms with Crippen LogP contribution < -0.4 is 5.32 Å². The molecule has 108 valence electrons. The van der Waals surface area contributed by atoms with Crippen molar-refractivity contribution in [2.24, 2.45) is 11.8 Å². The number of likely N-dealkylation sites (N-methyl/N-ethyl adjacent to an activating group) is 1. The Kier molecular flexibility index (Phi) is 4.61. The zero-order valence-corrected chi connectivity index (χ0v) is 12.3. The van der Waals surface area contributed by atoms with Crippen LogP contribution in [0.25, 0.3) is 0 Å². The van der Waals surface area contributed by atoms with Crippen LogP contribution in [0, 0.1) is 11.8 Å². The maximum Gasteiger partial charge on any atom is 0.246 e. The molecule has 1 saturated heterocycles. The van der Waals surface area contributed by atoms with Gasteiger partial charge in [-0.05, 0) is 31.1 Å². The van der Waals surface area contributed by atoms with E-state index in [0.29, 0.717) is 18.9 Å². The van der Waals surface area contributed by atoms with Gasteiger partial charge in [-0.3, -0.25) is 14.5 Å². The van der Waals surface area contributed by atoms with Gasteiger partial charge in [-0.25, -0.2) is 0 Å². The Hall–Kier alpha value is -0.900. The Balaban J connectivity index is 1.90. The van der Waals surface area contributed by atoms with Gasteiger partial charge in [0.15, 0.2) is 0 Å². The van der Waals surface area contributed by atoms with Gasteiger partial charge in [-0.2, -0.15) is 0 Å². The van der Waals surface area contributed by atoms with E-state index in [1.165, 1.54) is 24.2 Å². The molecule has 1 aliphatic heterocycles. The second kappa shape index (κ2) is 6.04. The Morgan fingerprint density at radius 3 is 2.63 bits per heavy atom. The molecule has 1 aliphatic carbocycles. The maximum atomic E-state index is 12.1. The van der Waals surface area contributed by atoms with Gasteiger partial charge in [0.1, 0.15) is 0 Å². The van der Waals surface area contributed by atoms with E-state index in [1.54, 1.807) is 7.05 Å². The van der Waals surface area contributed by atoms with Crippen molar-refractivity contribution in [1.82, 2.24) is 10.2 Å². The molecule has 0 spiro atoms. The van der Waals surface area contributed by atoms with Crippen LogP contribution in [-0.4, -0.2) is 35.8 Å². The molecule has 0 aromatic carbocycles. The highest BCUT2D eigenvalue weighted by molar-refractivity contribution is 6.00. The van der Waals surface area contributed by atoms with Crippen molar-refractivity contribution >= 4 is 11.8 Å². The summed E-state index contributed by atoms with van der Waals surface area (Å²) in [4.78, 5) is 24.8. The van der Waals surface area contributed by atoms with Gasteiger partial charge in [-0.1, -0.05) is 26.7 Å². The van der Waals surface area contributed by atoms with Crippen molar-refractivity contribution in [3.63, 3.8) is 0 Å². The third-order valence-electron chi connectivity index (χ3n) is 4.74. The molecule has 0 aromatic heterocycles. The van der Waals surface area contributed by atoms with Gasteiger partial charge in [0.05, 0.1) is 6.04 Å². The molecule has 0 aromatic rings. The Morgan fingerprint density at radius 2 is 1.95 bits per heavy atom. The molecule has 2 amide bonds. The molecule has 1 saturated carbocycles. The fourth-order valence-corrected chi connectivity index (χ4v) is 3.34. The third kappa shape index (κ3) is 3.35. The summed E-state index contributed by atoms with van der Waals surface area (Å²) in [6, 6.07) is 0.287. The topological polar surface area (TPSA) is 49.4 Å². The number of rotatable bonds is 3. The fourth-order valence-electron chi connectivity index (χ4n) is 3.34. The van der Waals surface area contributed by atoms with E-state index in [1.807, 2.05) is 0 Å². The van der Waals surface area contributed by atoms with Crippen molar-refractivity contribution in [2.75, 3.05) is 7.05 Å². The summed E-state index contributed by atoms with van der Waals surface area (Å²) in [5.41, 5.74) is 0. The summed E-state index contributed by atoms with van der Waals surface area (Å²) in [5.74, 6) is 1.38. The number of piperidine rings is 1. The lowest BCUT2D eigenvalue weighted by Gasteiger charge is -2.36. The summed E-state index contributed by atoms with van der Waals surface area (Å²) in [7, 11) is 1.59. The fraction of sp³-hybridized carbons (Fsp3) is 0.867. The van der Waals surface area contributed by atoms with E-state index in [0.717, 1.165) is 18.3 Å². The standard InChI is InChI=1S/C15H26N2O2/c1-10(2)11-5-4-6-12(9-11)16-13-7-8-14(18)17(3)15(13)19/h10-13,16H,4-9H2,1-3H3. The number of carbonyl (C=O) groups excluding carboxylic acids is 2. The van der Waals surface area contributed by atoms with E-state index in [2.05, 4.69) is 19.2 Å². The van der Waals surface area contributed by atoms with Gasteiger partial charge in [-0.15, -0.1) is 0 Å². The van der Waals surface area contributed by atoms with E-state index < -0.39 is 0 Å². The van der Waals surface area contributed by atoms with Crippen LogP contribution in [0.2, 0.25) is 0 Å². The van der Waals surface area contributed by atoms with E-state index in [4.69, 9.17) is 0 Å². The molecule has 2 fully saturated rings. The molecule has 0 bridgehead atoms. The lowest BCUT2D eigenvalue weighted by Crippen LogP contribution is -2.54. The number of carbonyl (C=O) groups is 2. The zero-order chi connectivity index (χ0) is 14.0. The second-order valence-corrected chi connectivity index (χ2v) is 6.42. The highest BCUT2D eigenvalue weighted by Crippen LogP contribution is 2.30. The van der Waals surface area contributed by atoms with E-state index >= 15 is 0 Å². The first-order valence-electron chi connectivity index (χ1n) is 7.55. The number of nitrogens with one attached hydrogen (secondary N) is 1. The third-order valence-corrected chi connectivity index (χ3v) is 4.74. The zero-order valence-electron chi connectivity index (χ0n) is 12.3. The minimum absolute atomic E-state index is 0.0493. The van der Waals surface area contributed by atoms with Crippen LogP contribution >= 0.6 is 0 Å². The SMILES string of the molecule is CC(C)C1CCCC(NC2CCC(=O)N(C)C2=O)C1. The predicted molar refractivity (Wildman–Crippen MR) is 74.5 cm³/mol. The van der Waals surface area contributed by atoms with Crippen molar-refractivity contribution in [1.29, 1.82) is 0 Å². The van der Waals surface area contributed by atoms with E-state index in [-0.39, 0.29) is 17.9 Å². The highest BCUT2D eigenvalue weighted by Gasteiger charge is 2.34. The van der Waals surface area contributed by atoms with Crippen LogP contribution in [-0.2, 0) is 9.59 Å². The van der Waals surface area contributed by atoms with Gasteiger partial charge in [0.2, 0.25) is 11.8 Å². The summed E-state index contributed by atoms with van der Waals surface area (Å²) < 4.78 is 0. The normalized spacial score (nSPS) is 33.1. The minimum Gasteiger partial charge on any atom is -0.303 e. The first kappa shape index (κ1) is 14.5. The number of hydrogen-bond donors (Lipinski definition) is 1. The average molecular weight is 266 g/mol. The van der Waals surface area contributed by atoms with Crippen LogP contribution in [0.1, 0.15) is 52.4 Å². The number of likely N-dealkylation sites (tertiary alicyclic amines) is 1. The monoisotopic (exact) mass is 266 g/mol. The summed E-state index contributed by atoms with van der Waals surface area (Å²) in [6.07, 6.45) is 6.03. The van der Waals surface area contributed by atoms with Crippen molar-refractivity contribution in [2.45, 2.75) is 64.5 Å². The first-order valence-corrected chi connectivity index (χ1v) is 7.55. The molecule has 2 aliphatic rings. The van der Waals surface area contributed by atoms with Crippen molar-refractivity contribution < 1.29 is 9.59 Å². The van der Waals surface area contributed by atoms with Crippen LogP contribution in [0.3, 0.4) is 0 Å². The minimum atomic E-state index is -0.154.